The first-order chi connectivity index (χ1) is 7.06. The topological polar surface area (TPSA) is 57.5 Å². The largest absolute Gasteiger partial charge is 0.508 e. The van der Waals surface area contributed by atoms with Crippen LogP contribution in [0.3, 0.4) is 0 Å². The number of phenols is 1. The Hall–Kier alpha value is -1.51. The third kappa shape index (κ3) is 2.72. The molecule has 1 unspecified atom stereocenters. The lowest BCUT2D eigenvalue weighted by atomic mass is 9.85. The zero-order chi connectivity index (χ0) is 11.4. The average Bonchev–Trinajstić information content (AvgIpc) is 2.18. The summed E-state index contributed by atoms with van der Waals surface area (Å²) in [5, 5.41) is 18.3. The molecule has 0 amide bonds. The summed E-state index contributed by atoms with van der Waals surface area (Å²) in [4.78, 5) is 10.9. The van der Waals surface area contributed by atoms with E-state index in [9.17, 15) is 9.90 Å². The van der Waals surface area contributed by atoms with Crippen molar-refractivity contribution in [2.45, 2.75) is 26.2 Å². The molecular weight excluding hydrogens is 192 g/mol. The Morgan fingerprint density at radius 3 is 2.60 bits per heavy atom. The molecule has 0 aromatic heterocycles. The van der Waals surface area contributed by atoms with E-state index in [1.807, 2.05) is 13.0 Å². The van der Waals surface area contributed by atoms with Crippen LogP contribution in [0.25, 0.3) is 0 Å². The third-order valence-corrected chi connectivity index (χ3v) is 2.73. The average molecular weight is 208 g/mol. The standard InChI is InChI=1S/C12H16O3/c1-3-11(8(2)12(14)15)9-5-4-6-10(13)7-9/h4-8,11,13H,3H2,1-2H3,(H,14,15)/t8-,11?/m0/s1. The third-order valence-electron chi connectivity index (χ3n) is 2.73. The first-order valence-corrected chi connectivity index (χ1v) is 5.08. The summed E-state index contributed by atoms with van der Waals surface area (Å²) in [6.45, 7) is 3.65. The zero-order valence-corrected chi connectivity index (χ0v) is 8.97. The summed E-state index contributed by atoms with van der Waals surface area (Å²) in [5.41, 5.74) is 0.882. The molecule has 1 rings (SSSR count). The molecule has 0 aliphatic carbocycles. The maximum atomic E-state index is 10.9. The molecule has 2 N–H and O–H groups in total. The lowest BCUT2D eigenvalue weighted by molar-refractivity contribution is -0.141. The van der Waals surface area contributed by atoms with Gasteiger partial charge in [0, 0.05) is 0 Å². The van der Waals surface area contributed by atoms with Gasteiger partial charge in [-0.15, -0.1) is 0 Å². The fourth-order valence-corrected chi connectivity index (χ4v) is 1.81. The molecule has 1 aromatic rings. The highest BCUT2D eigenvalue weighted by molar-refractivity contribution is 5.71. The molecule has 3 heteroatoms. The molecule has 0 aliphatic heterocycles. The molecule has 0 saturated heterocycles. The Labute approximate surface area is 89.4 Å². The first-order valence-electron chi connectivity index (χ1n) is 5.08. The zero-order valence-electron chi connectivity index (χ0n) is 8.97. The molecule has 0 bridgehead atoms. The minimum Gasteiger partial charge on any atom is -0.508 e. The van der Waals surface area contributed by atoms with Crippen molar-refractivity contribution in [3.8, 4) is 5.75 Å². The number of hydrogen-bond donors (Lipinski definition) is 2. The molecular formula is C12H16O3. The fraction of sp³-hybridized carbons (Fsp3) is 0.417. The molecule has 0 fully saturated rings. The number of carboxylic acid groups (broad SMARTS) is 1. The van der Waals surface area contributed by atoms with Crippen molar-refractivity contribution in [1.29, 1.82) is 0 Å². The highest BCUT2D eigenvalue weighted by Crippen LogP contribution is 2.29. The normalized spacial score (nSPS) is 14.5. The van der Waals surface area contributed by atoms with Gasteiger partial charge in [0.2, 0.25) is 0 Å². The van der Waals surface area contributed by atoms with Crippen molar-refractivity contribution in [3.63, 3.8) is 0 Å². The molecule has 15 heavy (non-hydrogen) atoms. The number of rotatable bonds is 4. The number of benzene rings is 1. The number of aromatic hydroxyl groups is 1. The van der Waals surface area contributed by atoms with Gasteiger partial charge in [0.15, 0.2) is 0 Å². The van der Waals surface area contributed by atoms with E-state index in [-0.39, 0.29) is 11.7 Å². The van der Waals surface area contributed by atoms with Crippen LogP contribution in [0, 0.1) is 5.92 Å². The van der Waals surface area contributed by atoms with Gasteiger partial charge >= 0.3 is 5.97 Å². The molecule has 82 valence electrons. The van der Waals surface area contributed by atoms with E-state index in [1.54, 1.807) is 25.1 Å². The van der Waals surface area contributed by atoms with Crippen LogP contribution in [-0.2, 0) is 4.79 Å². The van der Waals surface area contributed by atoms with Gasteiger partial charge in [-0.3, -0.25) is 4.79 Å². The van der Waals surface area contributed by atoms with Gasteiger partial charge < -0.3 is 10.2 Å². The van der Waals surface area contributed by atoms with Crippen molar-refractivity contribution in [2.75, 3.05) is 0 Å². The van der Waals surface area contributed by atoms with Gasteiger partial charge in [0.25, 0.3) is 0 Å². The summed E-state index contributed by atoms with van der Waals surface area (Å²) >= 11 is 0. The molecule has 0 radical (unpaired) electrons. The molecule has 3 nitrogen and oxygen atoms in total. The Kier molecular flexibility index (Phi) is 3.72. The second-order valence-corrected chi connectivity index (χ2v) is 3.74. The van der Waals surface area contributed by atoms with E-state index in [2.05, 4.69) is 0 Å². The summed E-state index contributed by atoms with van der Waals surface area (Å²) < 4.78 is 0. The van der Waals surface area contributed by atoms with Crippen LogP contribution < -0.4 is 0 Å². The number of phenolic OH excluding ortho intramolecular Hbond substituents is 1. The number of carbonyl (C=O) groups is 1. The fourth-order valence-electron chi connectivity index (χ4n) is 1.81. The van der Waals surface area contributed by atoms with E-state index in [0.717, 1.165) is 12.0 Å². The van der Waals surface area contributed by atoms with Gasteiger partial charge in [0.1, 0.15) is 5.75 Å². The van der Waals surface area contributed by atoms with Gasteiger partial charge in [0.05, 0.1) is 5.92 Å². The van der Waals surface area contributed by atoms with Crippen LogP contribution in [0.2, 0.25) is 0 Å². The highest BCUT2D eigenvalue weighted by Gasteiger charge is 2.23. The van der Waals surface area contributed by atoms with E-state index in [1.165, 1.54) is 0 Å². The van der Waals surface area contributed by atoms with Gasteiger partial charge in [-0.1, -0.05) is 26.0 Å². The quantitative estimate of drug-likeness (QED) is 0.799. The lowest BCUT2D eigenvalue weighted by Crippen LogP contribution is -2.18. The Morgan fingerprint density at radius 1 is 1.47 bits per heavy atom. The van der Waals surface area contributed by atoms with Crippen LogP contribution in [0.5, 0.6) is 5.75 Å². The predicted molar refractivity (Wildman–Crippen MR) is 57.9 cm³/mol. The molecule has 0 heterocycles. The van der Waals surface area contributed by atoms with Crippen LogP contribution in [0.15, 0.2) is 24.3 Å². The maximum absolute atomic E-state index is 10.9. The van der Waals surface area contributed by atoms with Gasteiger partial charge in [-0.05, 0) is 30.0 Å². The van der Waals surface area contributed by atoms with E-state index in [0.29, 0.717) is 0 Å². The Bertz CT molecular complexity index is 346. The van der Waals surface area contributed by atoms with Crippen LogP contribution in [0.1, 0.15) is 31.7 Å². The van der Waals surface area contributed by atoms with Crippen molar-refractivity contribution >= 4 is 5.97 Å². The van der Waals surface area contributed by atoms with Crippen molar-refractivity contribution in [3.05, 3.63) is 29.8 Å². The Morgan fingerprint density at radius 2 is 2.13 bits per heavy atom. The molecule has 2 atom stereocenters. The summed E-state index contributed by atoms with van der Waals surface area (Å²) in [5.74, 6) is -1.10. The highest BCUT2D eigenvalue weighted by atomic mass is 16.4. The lowest BCUT2D eigenvalue weighted by Gasteiger charge is -2.19. The molecule has 0 saturated carbocycles. The van der Waals surface area contributed by atoms with Gasteiger partial charge in [-0.25, -0.2) is 0 Å². The minimum absolute atomic E-state index is 0.0467. The SMILES string of the molecule is CCC(c1cccc(O)c1)[C@H](C)C(=O)O. The van der Waals surface area contributed by atoms with Crippen LogP contribution >= 0.6 is 0 Å². The van der Waals surface area contributed by atoms with Crippen LogP contribution in [-0.4, -0.2) is 16.2 Å². The molecule has 0 aliphatic rings. The Balaban J connectivity index is 2.97. The second-order valence-electron chi connectivity index (χ2n) is 3.74. The summed E-state index contributed by atoms with van der Waals surface area (Å²) in [7, 11) is 0. The van der Waals surface area contributed by atoms with E-state index >= 15 is 0 Å². The van der Waals surface area contributed by atoms with E-state index < -0.39 is 11.9 Å². The van der Waals surface area contributed by atoms with Crippen LogP contribution in [0.4, 0.5) is 0 Å². The molecule has 1 aromatic carbocycles. The van der Waals surface area contributed by atoms with Crippen molar-refractivity contribution < 1.29 is 15.0 Å². The number of aliphatic carboxylic acids is 1. The predicted octanol–water partition coefficient (Wildman–Crippen LogP) is 2.61. The number of carboxylic acids is 1. The monoisotopic (exact) mass is 208 g/mol. The summed E-state index contributed by atoms with van der Waals surface area (Å²) in [6.07, 6.45) is 0.747. The molecule has 0 spiro atoms. The minimum atomic E-state index is -0.801. The van der Waals surface area contributed by atoms with Crippen molar-refractivity contribution in [2.24, 2.45) is 5.92 Å². The number of hydrogen-bond acceptors (Lipinski definition) is 2. The maximum Gasteiger partial charge on any atom is 0.306 e. The van der Waals surface area contributed by atoms with E-state index in [4.69, 9.17) is 5.11 Å². The smallest absolute Gasteiger partial charge is 0.306 e. The summed E-state index contributed by atoms with van der Waals surface area (Å²) in [6, 6.07) is 6.81. The van der Waals surface area contributed by atoms with Crippen molar-refractivity contribution in [1.82, 2.24) is 0 Å². The van der Waals surface area contributed by atoms with Gasteiger partial charge in [-0.2, -0.15) is 0 Å². The first kappa shape index (κ1) is 11.6. The second kappa shape index (κ2) is 4.82.